The first-order valence-electron chi connectivity index (χ1n) is 5.51. The molecule has 2 N–H and O–H groups in total. The highest BCUT2D eigenvalue weighted by Crippen LogP contribution is 2.27. The van der Waals surface area contributed by atoms with Crippen molar-refractivity contribution in [1.82, 2.24) is 4.31 Å². The molecule has 1 rings (SSSR count). The van der Waals surface area contributed by atoms with E-state index in [4.69, 9.17) is 11.0 Å². The van der Waals surface area contributed by atoms with Crippen molar-refractivity contribution in [3.05, 3.63) is 23.3 Å². The Hall–Kier alpha value is -1.58. The van der Waals surface area contributed by atoms with Gasteiger partial charge in [0.1, 0.15) is 4.90 Å². The predicted octanol–water partition coefficient (Wildman–Crippen LogP) is 1.42. The summed E-state index contributed by atoms with van der Waals surface area (Å²) in [4.78, 5) is 0.142. The van der Waals surface area contributed by atoms with E-state index in [1.165, 1.54) is 7.05 Å². The molecule has 0 fully saturated rings. The molecule has 0 radical (unpaired) electrons. The molecule has 0 amide bonds. The number of hydrogen-bond acceptors (Lipinski definition) is 4. The van der Waals surface area contributed by atoms with Gasteiger partial charge >= 0.3 is 0 Å². The average molecular weight is 267 g/mol. The molecule has 0 aromatic heterocycles. The number of anilines is 1. The van der Waals surface area contributed by atoms with Crippen molar-refractivity contribution in [2.75, 3.05) is 19.3 Å². The van der Waals surface area contributed by atoms with E-state index in [1.54, 1.807) is 19.1 Å². The van der Waals surface area contributed by atoms with Crippen LogP contribution in [0.2, 0.25) is 0 Å². The topological polar surface area (TPSA) is 87.2 Å². The molecule has 0 saturated carbocycles. The third-order valence-electron chi connectivity index (χ3n) is 2.91. The summed E-state index contributed by atoms with van der Waals surface area (Å²) in [5.74, 6) is 0. The second-order valence-corrected chi connectivity index (χ2v) is 6.14. The molecule has 0 unspecified atom stereocenters. The van der Waals surface area contributed by atoms with Gasteiger partial charge in [0.25, 0.3) is 0 Å². The minimum Gasteiger partial charge on any atom is -0.398 e. The molecule has 0 bridgehead atoms. The van der Waals surface area contributed by atoms with E-state index in [2.05, 4.69) is 0 Å². The van der Waals surface area contributed by atoms with Gasteiger partial charge in [0.05, 0.1) is 11.8 Å². The normalized spacial score (nSPS) is 11.5. The molecule has 1 aromatic rings. The maximum Gasteiger partial charge on any atom is 0.245 e. The van der Waals surface area contributed by atoms with Gasteiger partial charge in [-0.25, -0.2) is 8.42 Å². The Bertz CT molecular complexity index is 588. The summed E-state index contributed by atoms with van der Waals surface area (Å²) in [6.07, 6.45) is 0.153. The Morgan fingerprint density at radius 3 is 2.56 bits per heavy atom. The number of hydrogen-bond donors (Lipinski definition) is 1. The van der Waals surface area contributed by atoms with E-state index in [-0.39, 0.29) is 23.5 Å². The van der Waals surface area contributed by atoms with Gasteiger partial charge < -0.3 is 5.73 Å². The lowest BCUT2D eigenvalue weighted by molar-refractivity contribution is 0.476. The third kappa shape index (κ3) is 2.63. The largest absolute Gasteiger partial charge is 0.398 e. The lowest BCUT2D eigenvalue weighted by atomic mass is 10.1. The molecule has 1 aromatic carbocycles. The first-order valence-corrected chi connectivity index (χ1v) is 6.95. The van der Waals surface area contributed by atoms with Crippen molar-refractivity contribution in [1.29, 1.82) is 5.26 Å². The van der Waals surface area contributed by atoms with E-state index in [0.29, 0.717) is 5.56 Å². The monoisotopic (exact) mass is 267 g/mol. The Labute approximate surface area is 108 Å². The smallest absolute Gasteiger partial charge is 0.245 e. The number of sulfonamides is 1. The second-order valence-electron chi connectivity index (χ2n) is 4.16. The minimum atomic E-state index is -3.64. The number of nitrogen functional groups attached to an aromatic ring is 1. The van der Waals surface area contributed by atoms with Crippen LogP contribution in [0.4, 0.5) is 5.69 Å². The van der Waals surface area contributed by atoms with Crippen molar-refractivity contribution < 1.29 is 8.42 Å². The summed E-state index contributed by atoms with van der Waals surface area (Å²) in [7, 11) is -2.19. The van der Waals surface area contributed by atoms with Crippen molar-refractivity contribution in [3.8, 4) is 6.07 Å². The molecule has 18 heavy (non-hydrogen) atoms. The summed E-state index contributed by atoms with van der Waals surface area (Å²) in [6, 6.07) is 5.31. The molecule has 0 aliphatic carbocycles. The summed E-state index contributed by atoms with van der Waals surface area (Å²) in [5.41, 5.74) is 7.53. The maximum absolute atomic E-state index is 12.4. The molecule has 98 valence electrons. The third-order valence-corrected chi connectivity index (χ3v) is 4.97. The van der Waals surface area contributed by atoms with Crippen LogP contribution in [0.5, 0.6) is 0 Å². The maximum atomic E-state index is 12.4. The highest BCUT2D eigenvalue weighted by molar-refractivity contribution is 7.89. The molecule has 5 nitrogen and oxygen atoms in total. The molecular weight excluding hydrogens is 250 g/mol. The Kier molecular flexibility index (Phi) is 4.33. The predicted molar refractivity (Wildman–Crippen MR) is 70.4 cm³/mol. The van der Waals surface area contributed by atoms with Crippen molar-refractivity contribution in [2.45, 2.75) is 25.2 Å². The Balaban J connectivity index is 3.30. The molecule has 0 aliphatic rings. The Morgan fingerprint density at radius 1 is 1.39 bits per heavy atom. The SMILES string of the molecule is Cc1ccc(N)c(S(=O)(=O)N(C)CCC#N)c1C. The number of aryl methyl sites for hydroxylation is 1. The van der Waals surface area contributed by atoms with Crippen molar-refractivity contribution >= 4 is 15.7 Å². The van der Waals surface area contributed by atoms with Crippen LogP contribution in [-0.2, 0) is 10.0 Å². The molecule has 0 aliphatic heterocycles. The fourth-order valence-electron chi connectivity index (χ4n) is 1.64. The van der Waals surface area contributed by atoms with E-state index < -0.39 is 10.0 Å². The quantitative estimate of drug-likeness (QED) is 0.836. The molecule has 0 heterocycles. The van der Waals surface area contributed by atoms with E-state index in [0.717, 1.165) is 9.87 Å². The highest BCUT2D eigenvalue weighted by atomic mass is 32.2. The highest BCUT2D eigenvalue weighted by Gasteiger charge is 2.25. The van der Waals surface area contributed by atoms with Gasteiger partial charge in [-0.3, -0.25) is 0 Å². The minimum absolute atomic E-state index is 0.142. The van der Waals surface area contributed by atoms with E-state index in [9.17, 15) is 8.42 Å². The van der Waals surface area contributed by atoms with Crippen LogP contribution in [0, 0.1) is 25.2 Å². The van der Waals surface area contributed by atoms with Gasteiger partial charge in [-0.2, -0.15) is 9.57 Å². The van der Waals surface area contributed by atoms with Gasteiger partial charge in [-0.15, -0.1) is 0 Å². The summed E-state index contributed by atoms with van der Waals surface area (Å²) in [5, 5.41) is 8.51. The first-order chi connectivity index (χ1) is 8.32. The van der Waals surface area contributed by atoms with Crippen LogP contribution in [0.15, 0.2) is 17.0 Å². The molecular formula is C12H17N3O2S. The fourth-order valence-corrected chi connectivity index (χ4v) is 3.19. The van der Waals surface area contributed by atoms with Crippen LogP contribution in [-0.4, -0.2) is 26.3 Å². The second kappa shape index (κ2) is 5.38. The van der Waals surface area contributed by atoms with Crippen LogP contribution in [0.3, 0.4) is 0 Å². The molecule has 0 atom stereocenters. The van der Waals surface area contributed by atoms with Gasteiger partial charge in [0.15, 0.2) is 0 Å². The standard InChI is InChI=1S/C12H17N3O2S/c1-9-5-6-11(14)12(10(9)2)18(16,17)15(3)8-4-7-13/h5-6H,4,8,14H2,1-3H3. The molecule has 6 heteroatoms. The fraction of sp³-hybridized carbons (Fsp3) is 0.417. The van der Waals surface area contributed by atoms with E-state index in [1.807, 2.05) is 13.0 Å². The summed E-state index contributed by atoms with van der Waals surface area (Å²) in [6.45, 7) is 3.73. The first kappa shape index (κ1) is 14.5. The van der Waals surface area contributed by atoms with Gasteiger partial charge in [-0.05, 0) is 31.0 Å². The number of benzene rings is 1. The number of rotatable bonds is 4. The Morgan fingerprint density at radius 2 is 2.00 bits per heavy atom. The van der Waals surface area contributed by atoms with Gasteiger partial charge in [-0.1, -0.05) is 6.07 Å². The lowest BCUT2D eigenvalue weighted by Crippen LogP contribution is -2.29. The van der Waals surface area contributed by atoms with Crippen LogP contribution in [0.25, 0.3) is 0 Å². The van der Waals surface area contributed by atoms with Crippen molar-refractivity contribution in [3.63, 3.8) is 0 Å². The number of nitrogens with zero attached hydrogens (tertiary/aromatic N) is 2. The van der Waals surface area contributed by atoms with Gasteiger partial charge in [0.2, 0.25) is 10.0 Å². The summed E-state index contributed by atoms with van der Waals surface area (Å²) >= 11 is 0. The molecule has 0 spiro atoms. The number of nitriles is 1. The average Bonchev–Trinajstić information content (AvgIpc) is 2.31. The van der Waals surface area contributed by atoms with E-state index >= 15 is 0 Å². The number of nitrogens with two attached hydrogens (primary N) is 1. The zero-order chi connectivity index (χ0) is 13.9. The summed E-state index contributed by atoms with van der Waals surface area (Å²) < 4.78 is 25.9. The zero-order valence-electron chi connectivity index (χ0n) is 10.8. The lowest BCUT2D eigenvalue weighted by Gasteiger charge is -2.19. The van der Waals surface area contributed by atoms with Crippen LogP contribution in [0.1, 0.15) is 17.5 Å². The van der Waals surface area contributed by atoms with Crippen LogP contribution < -0.4 is 5.73 Å². The zero-order valence-corrected chi connectivity index (χ0v) is 11.6. The van der Waals surface area contributed by atoms with Crippen LogP contribution >= 0.6 is 0 Å². The van der Waals surface area contributed by atoms with Crippen molar-refractivity contribution in [2.24, 2.45) is 0 Å². The van der Waals surface area contributed by atoms with Gasteiger partial charge in [0, 0.05) is 20.0 Å². The molecule has 0 saturated heterocycles.